The van der Waals surface area contributed by atoms with Gasteiger partial charge in [-0.05, 0) is 11.5 Å². The average molecular weight is 287 g/mol. The summed E-state index contributed by atoms with van der Waals surface area (Å²) < 4.78 is 0. The van der Waals surface area contributed by atoms with Gasteiger partial charge in [-0.2, -0.15) is 0 Å². The quantitative estimate of drug-likeness (QED) is 0.297. The normalized spacial score (nSPS) is 13.1. The molecule has 1 atom stereocenters. The zero-order valence-corrected chi connectivity index (χ0v) is 11.6. The maximum absolute atomic E-state index is 12.1. The van der Waals surface area contributed by atoms with Gasteiger partial charge in [0.15, 0.2) is 0 Å². The standard InChI is InChI=1S/C15H17N3O3/c1-9(14(16)18-21)8-17-15(20)12-7-6-10-4-2-3-5-11(10)13(12)19/h2-7,9,19,21H,8H2,1H3,(H2,16,18)(H,17,20). The van der Waals surface area contributed by atoms with Gasteiger partial charge in [0.2, 0.25) is 0 Å². The first-order valence-electron chi connectivity index (χ1n) is 6.51. The topological polar surface area (TPSA) is 108 Å². The van der Waals surface area contributed by atoms with E-state index in [1.54, 1.807) is 31.2 Å². The second-order valence-corrected chi connectivity index (χ2v) is 4.82. The molecule has 2 aromatic rings. The Morgan fingerprint density at radius 2 is 2.05 bits per heavy atom. The molecule has 0 aliphatic heterocycles. The first-order valence-corrected chi connectivity index (χ1v) is 6.51. The molecule has 5 N–H and O–H groups in total. The Kier molecular flexibility index (Phi) is 4.27. The van der Waals surface area contributed by atoms with Gasteiger partial charge < -0.3 is 21.4 Å². The monoisotopic (exact) mass is 287 g/mol. The lowest BCUT2D eigenvalue weighted by Crippen LogP contribution is -2.34. The molecule has 6 heteroatoms. The number of benzene rings is 2. The van der Waals surface area contributed by atoms with Crippen LogP contribution in [0.1, 0.15) is 17.3 Å². The molecule has 0 aliphatic carbocycles. The molecule has 0 bridgehead atoms. The lowest BCUT2D eigenvalue weighted by Gasteiger charge is -2.12. The molecular formula is C15H17N3O3. The lowest BCUT2D eigenvalue weighted by molar-refractivity contribution is 0.0948. The van der Waals surface area contributed by atoms with E-state index in [1.165, 1.54) is 0 Å². The highest BCUT2D eigenvalue weighted by atomic mass is 16.4. The summed E-state index contributed by atoms with van der Waals surface area (Å²) in [6, 6.07) is 10.6. The van der Waals surface area contributed by atoms with Crippen molar-refractivity contribution in [1.82, 2.24) is 5.32 Å². The number of fused-ring (bicyclic) bond motifs is 1. The van der Waals surface area contributed by atoms with Crippen LogP contribution >= 0.6 is 0 Å². The molecule has 0 fully saturated rings. The van der Waals surface area contributed by atoms with Crippen LogP contribution in [0.3, 0.4) is 0 Å². The molecule has 0 spiro atoms. The smallest absolute Gasteiger partial charge is 0.255 e. The maximum atomic E-state index is 12.1. The summed E-state index contributed by atoms with van der Waals surface area (Å²) in [6.07, 6.45) is 0. The minimum absolute atomic E-state index is 0.0398. The summed E-state index contributed by atoms with van der Waals surface area (Å²) in [4.78, 5) is 12.1. The summed E-state index contributed by atoms with van der Waals surface area (Å²) in [5.41, 5.74) is 5.64. The number of nitrogens with one attached hydrogen (secondary N) is 1. The highest BCUT2D eigenvalue weighted by molar-refractivity contribution is 6.03. The number of amidine groups is 1. The highest BCUT2D eigenvalue weighted by Gasteiger charge is 2.15. The van der Waals surface area contributed by atoms with E-state index in [9.17, 15) is 9.90 Å². The number of phenols is 1. The second kappa shape index (κ2) is 6.13. The van der Waals surface area contributed by atoms with E-state index in [1.807, 2.05) is 12.1 Å². The number of carbonyl (C=O) groups is 1. The third-order valence-corrected chi connectivity index (χ3v) is 3.33. The molecule has 1 unspecified atom stereocenters. The number of amides is 1. The van der Waals surface area contributed by atoms with E-state index in [4.69, 9.17) is 10.9 Å². The molecular weight excluding hydrogens is 270 g/mol. The Morgan fingerprint density at radius 3 is 2.76 bits per heavy atom. The van der Waals surface area contributed by atoms with E-state index < -0.39 is 5.91 Å². The minimum Gasteiger partial charge on any atom is -0.506 e. The zero-order chi connectivity index (χ0) is 15.4. The molecule has 110 valence electrons. The van der Waals surface area contributed by atoms with Crippen molar-refractivity contribution < 1.29 is 15.1 Å². The fourth-order valence-corrected chi connectivity index (χ4v) is 1.98. The molecule has 0 saturated heterocycles. The van der Waals surface area contributed by atoms with E-state index in [0.29, 0.717) is 5.39 Å². The minimum atomic E-state index is -0.407. The van der Waals surface area contributed by atoms with Crippen molar-refractivity contribution in [1.29, 1.82) is 0 Å². The summed E-state index contributed by atoms with van der Waals surface area (Å²) in [7, 11) is 0. The van der Waals surface area contributed by atoms with Crippen LogP contribution in [-0.4, -0.2) is 28.6 Å². The number of nitrogens with zero attached hydrogens (tertiary/aromatic N) is 1. The van der Waals surface area contributed by atoms with E-state index in [-0.39, 0.29) is 29.6 Å². The number of phenolic OH excluding ortho intramolecular Hbond substituents is 1. The Balaban J connectivity index is 2.18. The van der Waals surface area contributed by atoms with Crippen molar-refractivity contribution in [3.63, 3.8) is 0 Å². The predicted molar refractivity (Wildman–Crippen MR) is 80.5 cm³/mol. The van der Waals surface area contributed by atoms with Crippen molar-refractivity contribution in [3.8, 4) is 5.75 Å². The SMILES string of the molecule is CC(CNC(=O)c1ccc2ccccc2c1O)C(N)=NO. The molecule has 21 heavy (non-hydrogen) atoms. The number of hydrogen-bond acceptors (Lipinski definition) is 4. The van der Waals surface area contributed by atoms with Gasteiger partial charge in [0, 0.05) is 17.8 Å². The number of oxime groups is 1. The van der Waals surface area contributed by atoms with Gasteiger partial charge in [-0.15, -0.1) is 0 Å². The first kappa shape index (κ1) is 14.6. The second-order valence-electron chi connectivity index (χ2n) is 4.82. The van der Waals surface area contributed by atoms with Crippen molar-refractivity contribution in [3.05, 3.63) is 42.0 Å². The zero-order valence-electron chi connectivity index (χ0n) is 11.6. The fraction of sp³-hybridized carbons (Fsp3) is 0.200. The van der Waals surface area contributed by atoms with Crippen LogP contribution in [-0.2, 0) is 0 Å². The summed E-state index contributed by atoms with van der Waals surface area (Å²) in [5.74, 6) is -0.725. The predicted octanol–water partition coefficient (Wildman–Crippen LogP) is 1.66. The largest absolute Gasteiger partial charge is 0.506 e. The van der Waals surface area contributed by atoms with E-state index in [2.05, 4.69) is 10.5 Å². The van der Waals surface area contributed by atoms with Crippen molar-refractivity contribution in [2.45, 2.75) is 6.92 Å². The summed E-state index contributed by atoms with van der Waals surface area (Å²) in [5, 5.41) is 25.8. The van der Waals surface area contributed by atoms with Gasteiger partial charge in [-0.3, -0.25) is 4.79 Å². The van der Waals surface area contributed by atoms with Crippen LogP contribution in [0.2, 0.25) is 0 Å². The molecule has 0 heterocycles. The molecule has 0 aliphatic rings. The molecule has 0 saturated carbocycles. The van der Waals surface area contributed by atoms with Crippen LogP contribution in [0.25, 0.3) is 10.8 Å². The maximum Gasteiger partial charge on any atom is 0.255 e. The first-order chi connectivity index (χ1) is 10.0. The van der Waals surface area contributed by atoms with Crippen LogP contribution in [0, 0.1) is 5.92 Å². The average Bonchev–Trinajstić information content (AvgIpc) is 2.52. The lowest BCUT2D eigenvalue weighted by atomic mass is 10.0. The van der Waals surface area contributed by atoms with Crippen molar-refractivity contribution in [2.24, 2.45) is 16.8 Å². The Hall–Kier alpha value is -2.76. The number of rotatable bonds is 4. The highest BCUT2D eigenvalue weighted by Crippen LogP contribution is 2.28. The van der Waals surface area contributed by atoms with Gasteiger partial charge in [0.05, 0.1) is 5.56 Å². The number of hydrogen-bond donors (Lipinski definition) is 4. The molecule has 1 amide bonds. The van der Waals surface area contributed by atoms with Crippen LogP contribution in [0.4, 0.5) is 0 Å². The number of aromatic hydroxyl groups is 1. The molecule has 0 radical (unpaired) electrons. The Morgan fingerprint density at radius 1 is 1.33 bits per heavy atom. The number of carbonyl (C=O) groups excluding carboxylic acids is 1. The summed E-state index contributed by atoms with van der Waals surface area (Å²) in [6.45, 7) is 1.93. The van der Waals surface area contributed by atoms with Crippen molar-refractivity contribution >= 4 is 22.5 Å². The van der Waals surface area contributed by atoms with Crippen molar-refractivity contribution in [2.75, 3.05) is 6.54 Å². The third kappa shape index (κ3) is 3.05. The van der Waals surface area contributed by atoms with Gasteiger partial charge in [0.25, 0.3) is 5.91 Å². The molecule has 2 rings (SSSR count). The summed E-state index contributed by atoms with van der Waals surface area (Å²) >= 11 is 0. The van der Waals surface area contributed by atoms with Gasteiger partial charge in [0.1, 0.15) is 11.6 Å². The fourth-order valence-electron chi connectivity index (χ4n) is 1.98. The molecule has 0 aromatic heterocycles. The molecule has 2 aromatic carbocycles. The van der Waals surface area contributed by atoms with Gasteiger partial charge >= 0.3 is 0 Å². The van der Waals surface area contributed by atoms with Crippen LogP contribution in [0.5, 0.6) is 5.75 Å². The van der Waals surface area contributed by atoms with Gasteiger partial charge in [-0.1, -0.05) is 42.4 Å². The van der Waals surface area contributed by atoms with Crippen LogP contribution in [0.15, 0.2) is 41.6 Å². The van der Waals surface area contributed by atoms with Gasteiger partial charge in [-0.25, -0.2) is 0 Å². The third-order valence-electron chi connectivity index (χ3n) is 3.33. The van der Waals surface area contributed by atoms with E-state index in [0.717, 1.165) is 5.39 Å². The van der Waals surface area contributed by atoms with Crippen LogP contribution < -0.4 is 11.1 Å². The Labute approximate surface area is 121 Å². The Bertz CT molecular complexity index is 698. The molecule has 6 nitrogen and oxygen atoms in total. The number of nitrogens with two attached hydrogens (primary N) is 1. The van der Waals surface area contributed by atoms with E-state index >= 15 is 0 Å².